The first-order valence-electron chi connectivity index (χ1n) is 9.88. The lowest BCUT2D eigenvalue weighted by molar-refractivity contribution is 0.282. The second kappa shape index (κ2) is 8.68. The molecule has 140 valence electrons. The van der Waals surface area contributed by atoms with E-state index >= 15 is 0 Å². The number of hydrogen-bond acceptors (Lipinski definition) is 4. The maximum absolute atomic E-state index is 4.87. The average molecular weight is 378 g/mol. The van der Waals surface area contributed by atoms with Crippen molar-refractivity contribution in [2.45, 2.75) is 26.3 Å². The van der Waals surface area contributed by atoms with Crippen molar-refractivity contribution < 1.29 is 0 Å². The van der Waals surface area contributed by atoms with Gasteiger partial charge in [-0.3, -0.25) is 4.90 Å². The Hall–Kier alpha value is -2.17. The molecule has 4 heteroatoms. The lowest BCUT2D eigenvalue weighted by Crippen LogP contribution is -2.31. The molecule has 0 aliphatic carbocycles. The van der Waals surface area contributed by atoms with Crippen LogP contribution in [0.15, 0.2) is 60.0 Å². The van der Waals surface area contributed by atoms with Gasteiger partial charge >= 0.3 is 0 Å². The largest absolute Gasteiger partial charge is 0.370 e. The highest BCUT2D eigenvalue weighted by atomic mass is 32.1. The van der Waals surface area contributed by atoms with E-state index in [1.54, 1.807) is 11.3 Å². The number of para-hydroxylation sites is 1. The molecule has 1 aliphatic rings. The first kappa shape index (κ1) is 18.2. The Kier molecular flexibility index (Phi) is 5.85. The van der Waals surface area contributed by atoms with Gasteiger partial charge in [0.15, 0.2) is 0 Å². The highest BCUT2D eigenvalue weighted by Gasteiger charge is 2.18. The quantitative estimate of drug-likeness (QED) is 0.618. The van der Waals surface area contributed by atoms with Gasteiger partial charge in [0.2, 0.25) is 0 Å². The van der Waals surface area contributed by atoms with Crippen molar-refractivity contribution in [2.24, 2.45) is 0 Å². The summed E-state index contributed by atoms with van der Waals surface area (Å²) in [6.45, 7) is 7.66. The predicted molar refractivity (Wildman–Crippen MR) is 115 cm³/mol. The zero-order valence-corrected chi connectivity index (χ0v) is 16.8. The first-order chi connectivity index (χ1) is 13.3. The highest BCUT2D eigenvalue weighted by Crippen LogP contribution is 2.25. The van der Waals surface area contributed by atoms with Crippen molar-refractivity contribution in [1.29, 1.82) is 0 Å². The Morgan fingerprint density at radius 3 is 2.59 bits per heavy atom. The highest BCUT2D eigenvalue weighted by molar-refractivity contribution is 7.13. The van der Waals surface area contributed by atoms with Crippen LogP contribution in [0.25, 0.3) is 10.6 Å². The van der Waals surface area contributed by atoms with Gasteiger partial charge in [0.25, 0.3) is 0 Å². The summed E-state index contributed by atoms with van der Waals surface area (Å²) in [5.41, 5.74) is 5.29. The monoisotopic (exact) mass is 377 g/mol. The number of aromatic nitrogens is 1. The first-order valence-corrected chi connectivity index (χ1v) is 10.8. The van der Waals surface area contributed by atoms with Crippen LogP contribution >= 0.6 is 11.3 Å². The van der Waals surface area contributed by atoms with E-state index in [4.69, 9.17) is 4.98 Å². The second-order valence-electron chi connectivity index (χ2n) is 7.11. The molecule has 3 aromatic rings. The molecule has 1 fully saturated rings. The maximum atomic E-state index is 4.87. The van der Waals surface area contributed by atoms with Crippen molar-refractivity contribution in [2.75, 3.05) is 31.1 Å². The van der Waals surface area contributed by atoms with Crippen LogP contribution in [-0.2, 0) is 13.0 Å². The number of anilines is 1. The normalized spacial score (nSPS) is 15.7. The molecule has 0 N–H and O–H groups in total. The third-order valence-electron chi connectivity index (χ3n) is 5.26. The number of hydrogen-bond donors (Lipinski definition) is 0. The van der Waals surface area contributed by atoms with Gasteiger partial charge in [0.05, 0.1) is 5.69 Å². The van der Waals surface area contributed by atoms with Crippen LogP contribution in [0, 0.1) is 0 Å². The van der Waals surface area contributed by atoms with Crippen LogP contribution in [0.1, 0.15) is 24.6 Å². The predicted octanol–water partition coefficient (Wildman–Crippen LogP) is 5.08. The van der Waals surface area contributed by atoms with Gasteiger partial charge in [-0.05, 0) is 24.5 Å². The standard InChI is InChI=1S/C23H27N3S/c1-2-19-9-6-7-12-22(19)26-14-8-13-25(15-16-26)17-21-18-27-23(24-21)20-10-4-3-5-11-20/h3-7,9-12,18H,2,8,13-17H2,1H3. The van der Waals surface area contributed by atoms with E-state index in [1.807, 2.05) is 0 Å². The Labute approximate surface area is 166 Å². The van der Waals surface area contributed by atoms with E-state index in [0.29, 0.717) is 0 Å². The molecule has 3 nitrogen and oxygen atoms in total. The zero-order chi connectivity index (χ0) is 18.5. The lowest BCUT2D eigenvalue weighted by atomic mass is 10.1. The number of nitrogens with zero attached hydrogens (tertiary/aromatic N) is 3. The van der Waals surface area contributed by atoms with Crippen LogP contribution in [0.4, 0.5) is 5.69 Å². The van der Waals surface area contributed by atoms with Gasteiger partial charge in [-0.2, -0.15) is 0 Å². The van der Waals surface area contributed by atoms with Crippen molar-refractivity contribution in [1.82, 2.24) is 9.88 Å². The molecule has 1 aliphatic heterocycles. The molecule has 0 radical (unpaired) electrons. The Bertz CT molecular complexity index is 859. The van der Waals surface area contributed by atoms with Gasteiger partial charge in [0, 0.05) is 49.4 Å². The molecular weight excluding hydrogens is 350 g/mol. The second-order valence-corrected chi connectivity index (χ2v) is 7.97. The molecule has 0 spiro atoms. The fourth-order valence-electron chi connectivity index (χ4n) is 3.81. The number of thiazole rings is 1. The van der Waals surface area contributed by atoms with Crippen LogP contribution in [-0.4, -0.2) is 36.1 Å². The molecular formula is C23H27N3S. The molecule has 4 rings (SSSR count). The molecule has 2 aromatic carbocycles. The smallest absolute Gasteiger partial charge is 0.123 e. The molecule has 1 saturated heterocycles. The molecule has 0 unspecified atom stereocenters. The Balaban J connectivity index is 1.40. The number of rotatable bonds is 5. The number of benzene rings is 2. The van der Waals surface area contributed by atoms with Gasteiger partial charge in [-0.1, -0.05) is 55.5 Å². The molecule has 27 heavy (non-hydrogen) atoms. The fraction of sp³-hybridized carbons (Fsp3) is 0.348. The minimum Gasteiger partial charge on any atom is -0.370 e. The molecule has 1 aromatic heterocycles. The van der Waals surface area contributed by atoms with E-state index in [0.717, 1.165) is 44.2 Å². The third kappa shape index (κ3) is 4.40. The van der Waals surface area contributed by atoms with Crippen LogP contribution in [0.5, 0.6) is 0 Å². The molecule has 0 amide bonds. The summed E-state index contributed by atoms with van der Waals surface area (Å²) in [6.07, 6.45) is 2.30. The minimum atomic E-state index is 0.951. The average Bonchev–Trinajstić information content (AvgIpc) is 3.07. The summed E-state index contributed by atoms with van der Waals surface area (Å²) in [7, 11) is 0. The summed E-state index contributed by atoms with van der Waals surface area (Å²) in [4.78, 5) is 9.99. The molecule has 0 saturated carbocycles. The Morgan fingerprint density at radius 2 is 1.74 bits per heavy atom. The van der Waals surface area contributed by atoms with Crippen LogP contribution in [0.2, 0.25) is 0 Å². The summed E-state index contributed by atoms with van der Waals surface area (Å²) in [5.74, 6) is 0. The SMILES string of the molecule is CCc1ccccc1N1CCCN(Cc2csc(-c3ccccc3)n2)CC1. The van der Waals surface area contributed by atoms with E-state index in [2.05, 4.69) is 76.7 Å². The summed E-state index contributed by atoms with van der Waals surface area (Å²) >= 11 is 1.75. The molecule has 0 bridgehead atoms. The number of aryl methyl sites for hydroxylation is 1. The van der Waals surface area contributed by atoms with Gasteiger partial charge in [0.1, 0.15) is 5.01 Å². The van der Waals surface area contributed by atoms with Crippen molar-refractivity contribution >= 4 is 17.0 Å². The van der Waals surface area contributed by atoms with Gasteiger partial charge < -0.3 is 4.90 Å². The molecule has 2 heterocycles. The minimum absolute atomic E-state index is 0.951. The van der Waals surface area contributed by atoms with Gasteiger partial charge in [-0.15, -0.1) is 11.3 Å². The Morgan fingerprint density at radius 1 is 0.926 bits per heavy atom. The molecule has 0 atom stereocenters. The van der Waals surface area contributed by atoms with Gasteiger partial charge in [-0.25, -0.2) is 4.98 Å². The summed E-state index contributed by atoms with van der Waals surface area (Å²) in [6, 6.07) is 19.3. The topological polar surface area (TPSA) is 19.4 Å². The van der Waals surface area contributed by atoms with Crippen molar-refractivity contribution in [3.63, 3.8) is 0 Å². The summed E-state index contributed by atoms with van der Waals surface area (Å²) in [5, 5.41) is 3.34. The van der Waals surface area contributed by atoms with E-state index in [1.165, 1.54) is 28.9 Å². The van der Waals surface area contributed by atoms with Crippen molar-refractivity contribution in [3.05, 3.63) is 71.2 Å². The fourth-order valence-corrected chi connectivity index (χ4v) is 4.63. The third-order valence-corrected chi connectivity index (χ3v) is 6.20. The van der Waals surface area contributed by atoms with E-state index in [-0.39, 0.29) is 0 Å². The maximum Gasteiger partial charge on any atom is 0.123 e. The van der Waals surface area contributed by atoms with Crippen LogP contribution < -0.4 is 4.90 Å². The van der Waals surface area contributed by atoms with E-state index in [9.17, 15) is 0 Å². The summed E-state index contributed by atoms with van der Waals surface area (Å²) < 4.78 is 0. The zero-order valence-electron chi connectivity index (χ0n) is 16.0. The lowest BCUT2D eigenvalue weighted by Gasteiger charge is -2.25. The van der Waals surface area contributed by atoms with Crippen molar-refractivity contribution in [3.8, 4) is 10.6 Å². The van der Waals surface area contributed by atoms with Crippen LogP contribution in [0.3, 0.4) is 0 Å². The van der Waals surface area contributed by atoms with E-state index < -0.39 is 0 Å².